The van der Waals surface area contributed by atoms with E-state index >= 15 is 0 Å². The van der Waals surface area contributed by atoms with Gasteiger partial charge in [-0.15, -0.1) is 12.4 Å². The summed E-state index contributed by atoms with van der Waals surface area (Å²) in [5.41, 5.74) is 0.913. The van der Waals surface area contributed by atoms with Crippen molar-refractivity contribution in [2.24, 2.45) is 0 Å². The van der Waals surface area contributed by atoms with Gasteiger partial charge in [0.2, 0.25) is 5.91 Å². The van der Waals surface area contributed by atoms with Gasteiger partial charge in [-0.1, -0.05) is 6.07 Å². The van der Waals surface area contributed by atoms with Crippen LogP contribution < -0.4 is 5.32 Å². The van der Waals surface area contributed by atoms with Crippen LogP contribution >= 0.6 is 12.4 Å². The number of hydrogen-bond donors (Lipinski definition) is 1. The second kappa shape index (κ2) is 9.71. The maximum atomic E-state index is 12.4. The van der Waals surface area contributed by atoms with Gasteiger partial charge in [0.25, 0.3) is 0 Å². The van der Waals surface area contributed by atoms with E-state index in [1.54, 1.807) is 13.3 Å². The van der Waals surface area contributed by atoms with Gasteiger partial charge in [0, 0.05) is 32.3 Å². The number of rotatable bonds is 7. The van der Waals surface area contributed by atoms with Gasteiger partial charge in [-0.3, -0.25) is 9.78 Å². The zero-order chi connectivity index (χ0) is 14.2. The second-order valence-corrected chi connectivity index (χ2v) is 5.13. The van der Waals surface area contributed by atoms with Crippen molar-refractivity contribution in [3.8, 4) is 0 Å². The fraction of sp³-hybridized carbons (Fsp3) is 0.600. The Morgan fingerprint density at radius 1 is 1.52 bits per heavy atom. The average Bonchev–Trinajstić information content (AvgIpc) is 2.97. The van der Waals surface area contributed by atoms with Crippen LogP contribution in [0.5, 0.6) is 0 Å². The number of hydrogen-bond acceptors (Lipinski definition) is 4. The minimum atomic E-state index is 0. The zero-order valence-electron chi connectivity index (χ0n) is 12.5. The summed E-state index contributed by atoms with van der Waals surface area (Å²) >= 11 is 0. The van der Waals surface area contributed by atoms with Gasteiger partial charge in [-0.25, -0.2) is 0 Å². The molecule has 1 N–H and O–H groups in total. The maximum absolute atomic E-state index is 12.4. The maximum Gasteiger partial charge on any atom is 0.224 e. The minimum Gasteiger partial charge on any atom is -0.383 e. The standard InChI is InChI=1S/C15H23N3O2.ClH/c1-20-10-9-18(12-14-5-2-3-7-17-14)15(19)11-13-6-4-8-16-13;/h2-3,5,7,13,16H,4,6,8-12H2,1H3;1H. The third-order valence-electron chi connectivity index (χ3n) is 3.58. The molecule has 1 aromatic heterocycles. The summed E-state index contributed by atoms with van der Waals surface area (Å²) in [6, 6.07) is 6.10. The van der Waals surface area contributed by atoms with Crippen molar-refractivity contribution in [1.29, 1.82) is 0 Å². The van der Waals surface area contributed by atoms with Crippen LogP contribution in [0, 0.1) is 0 Å². The van der Waals surface area contributed by atoms with Crippen molar-refractivity contribution >= 4 is 18.3 Å². The summed E-state index contributed by atoms with van der Waals surface area (Å²) in [6.07, 6.45) is 4.58. The summed E-state index contributed by atoms with van der Waals surface area (Å²) in [7, 11) is 1.65. The molecular formula is C15H24ClN3O2. The third-order valence-corrected chi connectivity index (χ3v) is 3.58. The molecule has 1 aliphatic rings. The smallest absolute Gasteiger partial charge is 0.224 e. The van der Waals surface area contributed by atoms with Crippen molar-refractivity contribution in [2.75, 3.05) is 26.8 Å². The highest BCUT2D eigenvalue weighted by Crippen LogP contribution is 2.12. The van der Waals surface area contributed by atoms with Crippen LogP contribution in [0.3, 0.4) is 0 Å². The van der Waals surface area contributed by atoms with Gasteiger partial charge >= 0.3 is 0 Å². The van der Waals surface area contributed by atoms with E-state index in [4.69, 9.17) is 4.74 Å². The lowest BCUT2D eigenvalue weighted by Crippen LogP contribution is -2.37. The lowest BCUT2D eigenvalue weighted by atomic mass is 10.1. The number of nitrogens with one attached hydrogen (secondary N) is 1. The van der Waals surface area contributed by atoms with Crippen molar-refractivity contribution in [2.45, 2.75) is 31.8 Å². The third kappa shape index (κ3) is 5.99. The van der Waals surface area contributed by atoms with Crippen molar-refractivity contribution in [1.82, 2.24) is 15.2 Å². The molecule has 1 saturated heterocycles. The Bertz CT molecular complexity index is 411. The average molecular weight is 314 g/mol. The van der Waals surface area contributed by atoms with E-state index < -0.39 is 0 Å². The highest BCUT2D eigenvalue weighted by Gasteiger charge is 2.21. The molecule has 0 spiro atoms. The largest absolute Gasteiger partial charge is 0.383 e. The van der Waals surface area contributed by atoms with Crippen molar-refractivity contribution < 1.29 is 9.53 Å². The van der Waals surface area contributed by atoms with Crippen LogP contribution in [0.2, 0.25) is 0 Å². The van der Waals surface area contributed by atoms with E-state index in [1.165, 1.54) is 0 Å². The molecule has 0 radical (unpaired) electrons. The number of pyridine rings is 1. The normalized spacial score (nSPS) is 17.3. The van der Waals surface area contributed by atoms with Crippen LogP contribution in [0.25, 0.3) is 0 Å². The molecule has 1 atom stereocenters. The van der Waals surface area contributed by atoms with E-state index in [1.807, 2.05) is 23.1 Å². The molecule has 1 aliphatic heterocycles. The number of methoxy groups -OCH3 is 1. The number of nitrogens with zero attached hydrogens (tertiary/aromatic N) is 2. The Kier molecular flexibility index (Phi) is 8.27. The molecule has 21 heavy (non-hydrogen) atoms. The molecule has 0 aliphatic carbocycles. The number of amides is 1. The van der Waals surface area contributed by atoms with Gasteiger partial charge in [-0.2, -0.15) is 0 Å². The predicted molar refractivity (Wildman–Crippen MR) is 84.4 cm³/mol. The summed E-state index contributed by atoms with van der Waals surface area (Å²) < 4.78 is 5.10. The van der Waals surface area contributed by atoms with Crippen molar-refractivity contribution in [3.63, 3.8) is 0 Å². The Hall–Kier alpha value is -1.17. The van der Waals surface area contributed by atoms with Crippen LogP contribution in [0.15, 0.2) is 24.4 Å². The Labute approximate surface area is 132 Å². The molecule has 1 aromatic rings. The van der Waals surface area contributed by atoms with Gasteiger partial charge in [-0.05, 0) is 31.5 Å². The fourth-order valence-corrected chi connectivity index (χ4v) is 2.45. The molecule has 5 nitrogen and oxygen atoms in total. The SMILES string of the molecule is COCCN(Cc1ccccn1)C(=O)CC1CCCN1.Cl. The molecule has 6 heteroatoms. The fourth-order valence-electron chi connectivity index (χ4n) is 2.45. The lowest BCUT2D eigenvalue weighted by Gasteiger charge is -2.23. The first-order valence-corrected chi connectivity index (χ1v) is 7.19. The first-order valence-electron chi connectivity index (χ1n) is 7.19. The monoisotopic (exact) mass is 313 g/mol. The van der Waals surface area contributed by atoms with Gasteiger partial charge in [0.05, 0.1) is 18.8 Å². The number of carbonyl (C=O) groups is 1. The molecular weight excluding hydrogens is 290 g/mol. The Morgan fingerprint density at radius 2 is 2.38 bits per heavy atom. The highest BCUT2D eigenvalue weighted by atomic mass is 35.5. The van der Waals surface area contributed by atoms with E-state index in [9.17, 15) is 4.79 Å². The molecule has 2 rings (SSSR count). The molecule has 2 heterocycles. The quantitative estimate of drug-likeness (QED) is 0.831. The number of halogens is 1. The summed E-state index contributed by atoms with van der Waals surface area (Å²) in [5.74, 6) is 0.173. The first kappa shape index (κ1) is 17.9. The van der Waals surface area contributed by atoms with Crippen LogP contribution in [-0.2, 0) is 16.1 Å². The first-order chi connectivity index (χ1) is 9.79. The van der Waals surface area contributed by atoms with E-state index in [-0.39, 0.29) is 18.3 Å². The van der Waals surface area contributed by atoms with Crippen LogP contribution in [0.4, 0.5) is 0 Å². The van der Waals surface area contributed by atoms with Gasteiger partial charge in [0.15, 0.2) is 0 Å². The summed E-state index contributed by atoms with van der Waals surface area (Å²) in [6.45, 7) is 2.74. The number of carbonyl (C=O) groups excluding carboxylic acids is 1. The molecule has 118 valence electrons. The van der Waals surface area contributed by atoms with E-state index in [2.05, 4.69) is 10.3 Å². The van der Waals surface area contributed by atoms with Crippen LogP contribution in [0.1, 0.15) is 25.0 Å². The summed E-state index contributed by atoms with van der Waals surface area (Å²) in [4.78, 5) is 18.5. The Morgan fingerprint density at radius 3 is 3.00 bits per heavy atom. The second-order valence-electron chi connectivity index (χ2n) is 5.13. The molecule has 1 amide bonds. The van der Waals surface area contributed by atoms with Gasteiger partial charge in [0.1, 0.15) is 0 Å². The topological polar surface area (TPSA) is 54.5 Å². The molecule has 0 aromatic carbocycles. The molecule has 1 unspecified atom stereocenters. The Balaban J connectivity index is 0.00000220. The highest BCUT2D eigenvalue weighted by molar-refractivity contribution is 5.85. The van der Waals surface area contributed by atoms with Gasteiger partial charge < -0.3 is 15.0 Å². The molecule has 1 fully saturated rings. The number of aromatic nitrogens is 1. The minimum absolute atomic E-state index is 0. The van der Waals surface area contributed by atoms with E-state index in [0.717, 1.165) is 25.1 Å². The predicted octanol–water partition coefficient (Wildman–Crippen LogP) is 1.62. The van der Waals surface area contributed by atoms with E-state index in [0.29, 0.717) is 32.2 Å². The zero-order valence-corrected chi connectivity index (χ0v) is 13.3. The summed E-state index contributed by atoms with van der Waals surface area (Å²) in [5, 5.41) is 3.37. The lowest BCUT2D eigenvalue weighted by molar-refractivity contribution is -0.133. The molecule has 0 saturated carbocycles. The van der Waals surface area contributed by atoms with Crippen LogP contribution in [-0.4, -0.2) is 48.6 Å². The van der Waals surface area contributed by atoms with Crippen molar-refractivity contribution in [3.05, 3.63) is 30.1 Å². The molecule has 0 bridgehead atoms. The number of ether oxygens (including phenoxy) is 1.